The summed E-state index contributed by atoms with van der Waals surface area (Å²) >= 11 is 0. The summed E-state index contributed by atoms with van der Waals surface area (Å²) in [5.74, 6) is 1.13. The summed E-state index contributed by atoms with van der Waals surface area (Å²) in [6.45, 7) is 6.43. The van der Waals surface area contributed by atoms with E-state index in [9.17, 15) is 8.42 Å². The largest absolute Gasteiger partial charge is 0.329 e. The van der Waals surface area contributed by atoms with Crippen molar-refractivity contribution in [3.63, 3.8) is 0 Å². The van der Waals surface area contributed by atoms with Crippen LogP contribution in [0.3, 0.4) is 0 Å². The lowest BCUT2D eigenvalue weighted by molar-refractivity contribution is 0.249. The molecule has 0 radical (unpaired) electrons. The zero-order valence-electron chi connectivity index (χ0n) is 11.1. The summed E-state index contributed by atoms with van der Waals surface area (Å²) in [7, 11) is -3.25. The highest BCUT2D eigenvalue weighted by Crippen LogP contribution is 2.29. The van der Waals surface area contributed by atoms with Crippen molar-refractivity contribution in [3.8, 4) is 0 Å². The Morgan fingerprint density at radius 2 is 2.00 bits per heavy atom. The molecular formula is C12H26N2O2S. The van der Waals surface area contributed by atoms with E-state index in [-0.39, 0.29) is 12.6 Å². The zero-order chi connectivity index (χ0) is 13.1. The molecule has 102 valence electrons. The van der Waals surface area contributed by atoms with Gasteiger partial charge in [0.2, 0.25) is 10.0 Å². The van der Waals surface area contributed by atoms with Gasteiger partial charge in [0.05, 0.1) is 5.25 Å². The maximum Gasteiger partial charge on any atom is 0.215 e. The average molecular weight is 262 g/mol. The Labute approximate surface area is 105 Å². The molecule has 1 saturated carbocycles. The molecule has 17 heavy (non-hydrogen) atoms. The molecule has 0 bridgehead atoms. The molecule has 0 aliphatic heterocycles. The lowest BCUT2D eigenvalue weighted by atomic mass is 9.80. The molecular weight excluding hydrogens is 236 g/mol. The third-order valence-corrected chi connectivity index (χ3v) is 5.94. The molecule has 0 amide bonds. The van der Waals surface area contributed by atoms with Gasteiger partial charge in [-0.2, -0.15) is 0 Å². The maximum atomic E-state index is 12.1. The Bertz CT molecular complexity index is 325. The predicted octanol–water partition coefficient (Wildman–Crippen LogP) is 1.47. The van der Waals surface area contributed by atoms with Crippen LogP contribution in [0, 0.1) is 11.8 Å². The highest BCUT2D eigenvalue weighted by Gasteiger charge is 2.31. The van der Waals surface area contributed by atoms with E-state index in [4.69, 9.17) is 5.73 Å². The normalized spacial score (nSPS) is 32.4. The van der Waals surface area contributed by atoms with Gasteiger partial charge in [-0.15, -0.1) is 0 Å². The molecule has 0 spiro atoms. The van der Waals surface area contributed by atoms with Gasteiger partial charge in [0, 0.05) is 12.6 Å². The van der Waals surface area contributed by atoms with E-state index >= 15 is 0 Å². The van der Waals surface area contributed by atoms with Gasteiger partial charge in [-0.3, -0.25) is 0 Å². The minimum Gasteiger partial charge on any atom is -0.329 e. The number of rotatable bonds is 5. The van der Waals surface area contributed by atoms with Gasteiger partial charge < -0.3 is 5.73 Å². The first-order chi connectivity index (χ1) is 7.90. The maximum absolute atomic E-state index is 12.1. The van der Waals surface area contributed by atoms with Crippen LogP contribution in [0.4, 0.5) is 0 Å². The fourth-order valence-electron chi connectivity index (χ4n) is 2.66. The van der Waals surface area contributed by atoms with Crippen molar-refractivity contribution in [3.05, 3.63) is 0 Å². The highest BCUT2D eigenvalue weighted by molar-refractivity contribution is 7.90. The Kier molecular flexibility index (Phi) is 5.41. The monoisotopic (exact) mass is 262 g/mol. The van der Waals surface area contributed by atoms with Crippen LogP contribution in [-0.4, -0.2) is 26.3 Å². The van der Waals surface area contributed by atoms with E-state index in [2.05, 4.69) is 18.6 Å². The van der Waals surface area contributed by atoms with Crippen LogP contribution in [0.15, 0.2) is 0 Å². The van der Waals surface area contributed by atoms with E-state index < -0.39 is 15.3 Å². The van der Waals surface area contributed by atoms with Gasteiger partial charge in [-0.05, 0) is 37.5 Å². The standard InChI is InChI=1S/C12H26N2O2S/c1-4-11(8-13)17(15,16)14-12-6-5-9(2)7-10(12)3/h9-12,14H,4-8,13H2,1-3H3. The van der Waals surface area contributed by atoms with Crippen molar-refractivity contribution in [2.45, 2.75) is 57.7 Å². The number of hydrogen-bond acceptors (Lipinski definition) is 3. The molecule has 0 aromatic rings. The first-order valence-electron chi connectivity index (χ1n) is 6.61. The van der Waals surface area contributed by atoms with Crippen LogP contribution in [0.5, 0.6) is 0 Å². The summed E-state index contributed by atoms with van der Waals surface area (Å²) in [5.41, 5.74) is 5.51. The lowest BCUT2D eigenvalue weighted by Crippen LogP contribution is -2.47. The molecule has 0 saturated heterocycles. The minimum atomic E-state index is -3.25. The van der Waals surface area contributed by atoms with Gasteiger partial charge in [-0.1, -0.05) is 20.8 Å². The van der Waals surface area contributed by atoms with Crippen LogP contribution in [0.1, 0.15) is 46.5 Å². The van der Waals surface area contributed by atoms with Crippen LogP contribution in [-0.2, 0) is 10.0 Å². The zero-order valence-corrected chi connectivity index (χ0v) is 12.0. The molecule has 0 aromatic carbocycles. The lowest BCUT2D eigenvalue weighted by Gasteiger charge is -2.33. The van der Waals surface area contributed by atoms with E-state index in [1.807, 2.05) is 6.92 Å². The van der Waals surface area contributed by atoms with Crippen molar-refractivity contribution >= 4 is 10.0 Å². The predicted molar refractivity (Wildman–Crippen MR) is 71.2 cm³/mol. The quantitative estimate of drug-likeness (QED) is 0.788. The molecule has 3 N–H and O–H groups in total. The second-order valence-corrected chi connectivity index (χ2v) is 7.42. The Hall–Kier alpha value is -0.130. The van der Waals surface area contributed by atoms with Gasteiger partial charge >= 0.3 is 0 Å². The molecule has 0 heterocycles. The Balaban J connectivity index is 2.64. The molecule has 0 aromatic heterocycles. The van der Waals surface area contributed by atoms with Crippen LogP contribution >= 0.6 is 0 Å². The summed E-state index contributed by atoms with van der Waals surface area (Å²) in [5, 5.41) is -0.450. The summed E-state index contributed by atoms with van der Waals surface area (Å²) in [6.07, 6.45) is 3.73. The van der Waals surface area contributed by atoms with E-state index in [0.29, 0.717) is 18.3 Å². The second kappa shape index (κ2) is 6.16. The summed E-state index contributed by atoms with van der Waals surface area (Å²) < 4.78 is 27.1. The molecule has 5 heteroatoms. The molecule has 4 atom stereocenters. The summed E-state index contributed by atoms with van der Waals surface area (Å²) in [4.78, 5) is 0. The highest BCUT2D eigenvalue weighted by atomic mass is 32.2. The van der Waals surface area contributed by atoms with Crippen LogP contribution in [0.25, 0.3) is 0 Å². The third-order valence-electron chi connectivity index (χ3n) is 3.90. The van der Waals surface area contributed by atoms with Crippen molar-refractivity contribution in [1.82, 2.24) is 4.72 Å². The van der Waals surface area contributed by atoms with Gasteiger partial charge in [0.15, 0.2) is 0 Å². The molecule has 1 aliphatic carbocycles. The van der Waals surface area contributed by atoms with Gasteiger partial charge in [0.25, 0.3) is 0 Å². The van der Waals surface area contributed by atoms with Crippen molar-refractivity contribution in [1.29, 1.82) is 0 Å². The van der Waals surface area contributed by atoms with Gasteiger partial charge in [-0.25, -0.2) is 13.1 Å². The molecule has 1 aliphatic rings. The first kappa shape index (κ1) is 14.9. The van der Waals surface area contributed by atoms with E-state index in [1.54, 1.807) is 0 Å². The summed E-state index contributed by atoms with van der Waals surface area (Å²) in [6, 6.07) is 0.0943. The average Bonchev–Trinajstić information content (AvgIpc) is 2.23. The number of nitrogens with two attached hydrogens (primary N) is 1. The first-order valence-corrected chi connectivity index (χ1v) is 8.16. The smallest absolute Gasteiger partial charge is 0.215 e. The van der Waals surface area contributed by atoms with Crippen LogP contribution in [0.2, 0.25) is 0 Å². The Morgan fingerprint density at radius 1 is 1.35 bits per heavy atom. The molecule has 4 nitrogen and oxygen atoms in total. The van der Waals surface area contributed by atoms with Crippen molar-refractivity contribution in [2.75, 3.05) is 6.54 Å². The number of hydrogen-bond donors (Lipinski definition) is 2. The fraction of sp³-hybridized carbons (Fsp3) is 1.00. The van der Waals surface area contributed by atoms with Gasteiger partial charge in [0.1, 0.15) is 0 Å². The van der Waals surface area contributed by atoms with Crippen molar-refractivity contribution < 1.29 is 8.42 Å². The van der Waals surface area contributed by atoms with Crippen molar-refractivity contribution in [2.24, 2.45) is 17.6 Å². The Morgan fingerprint density at radius 3 is 2.47 bits per heavy atom. The number of sulfonamides is 1. The minimum absolute atomic E-state index is 0.0943. The van der Waals surface area contributed by atoms with E-state index in [0.717, 1.165) is 19.3 Å². The third kappa shape index (κ3) is 3.93. The molecule has 1 fully saturated rings. The second-order valence-electron chi connectivity index (χ2n) is 5.43. The fourth-order valence-corrected chi connectivity index (χ4v) is 4.32. The SMILES string of the molecule is CCC(CN)S(=O)(=O)NC1CCC(C)CC1C. The topological polar surface area (TPSA) is 72.2 Å². The molecule has 4 unspecified atom stereocenters. The van der Waals surface area contributed by atoms with E-state index in [1.165, 1.54) is 0 Å². The van der Waals surface area contributed by atoms with Crippen LogP contribution < -0.4 is 10.5 Å². The number of nitrogens with one attached hydrogen (secondary N) is 1. The molecule has 1 rings (SSSR count).